The van der Waals surface area contributed by atoms with Gasteiger partial charge in [-0.1, -0.05) is 17.7 Å². The van der Waals surface area contributed by atoms with Crippen molar-refractivity contribution in [3.63, 3.8) is 0 Å². The Labute approximate surface area is 203 Å². The number of benzene rings is 2. The van der Waals surface area contributed by atoms with Crippen molar-refractivity contribution in [3.8, 4) is 16.2 Å². The number of ether oxygens (including phenoxy) is 1. The van der Waals surface area contributed by atoms with Crippen LogP contribution in [0.25, 0.3) is 20.7 Å². The molecule has 5 rings (SSSR count). The number of non-ortho nitro benzene ring substituents is 1. The molecule has 0 radical (unpaired) electrons. The Kier molecular flexibility index (Phi) is 6.03. The molecule has 2 aromatic carbocycles. The largest absolute Gasteiger partial charge is 0.486 e. The van der Waals surface area contributed by atoms with E-state index in [-0.39, 0.29) is 5.69 Å². The van der Waals surface area contributed by atoms with E-state index in [4.69, 9.17) is 16.3 Å². The van der Waals surface area contributed by atoms with Crippen LogP contribution in [0, 0.1) is 10.1 Å². The van der Waals surface area contributed by atoms with Crippen LogP contribution in [0.5, 0.6) is 5.75 Å². The van der Waals surface area contributed by atoms with E-state index in [9.17, 15) is 10.1 Å². The molecule has 0 saturated heterocycles. The zero-order valence-electron chi connectivity index (χ0n) is 17.5. The van der Waals surface area contributed by atoms with E-state index in [1.165, 1.54) is 29.8 Å². The maximum atomic E-state index is 10.9. The van der Waals surface area contributed by atoms with E-state index in [1.54, 1.807) is 30.5 Å². The van der Waals surface area contributed by atoms with Crippen LogP contribution in [0.1, 0.15) is 5.69 Å². The molecule has 3 aromatic heterocycles. The highest BCUT2D eigenvalue weighted by Crippen LogP contribution is 2.37. The highest BCUT2D eigenvalue weighted by Gasteiger charge is 2.13. The molecule has 1 N–H and O–H groups in total. The molecule has 34 heavy (non-hydrogen) atoms. The second-order valence-corrected chi connectivity index (χ2v) is 8.67. The summed E-state index contributed by atoms with van der Waals surface area (Å²) >= 11 is 7.92. The normalized spacial score (nSPS) is 10.9. The van der Waals surface area contributed by atoms with Gasteiger partial charge in [0.15, 0.2) is 0 Å². The number of fused-ring (bicyclic) bond motifs is 1. The summed E-state index contributed by atoms with van der Waals surface area (Å²) in [5.41, 5.74) is 2.48. The summed E-state index contributed by atoms with van der Waals surface area (Å²) in [6.45, 7) is 0.320. The summed E-state index contributed by atoms with van der Waals surface area (Å²) in [6, 6.07) is 19.5. The van der Waals surface area contributed by atoms with Gasteiger partial charge in [0.05, 0.1) is 21.0 Å². The maximum Gasteiger partial charge on any atom is 0.269 e. The van der Waals surface area contributed by atoms with Gasteiger partial charge in [-0.2, -0.15) is 0 Å². The standard InChI is InChI=1S/C24H16ClN5O3S/c25-20-11-16(6-9-21(20)33-13-17-3-1-2-10-26-17)29-23-19-12-22(34-24(19)28-14-27-23)15-4-7-18(8-5-15)30(31)32/h1-12,14H,13H2,(H,27,28,29). The van der Waals surface area contributed by atoms with Crippen molar-refractivity contribution in [1.82, 2.24) is 15.0 Å². The molecule has 3 heterocycles. The maximum absolute atomic E-state index is 10.9. The minimum atomic E-state index is -0.414. The number of nitro groups is 1. The number of hydrogen-bond acceptors (Lipinski definition) is 8. The van der Waals surface area contributed by atoms with Crippen molar-refractivity contribution in [2.45, 2.75) is 6.61 Å². The average molecular weight is 490 g/mol. The summed E-state index contributed by atoms with van der Waals surface area (Å²) in [4.78, 5) is 25.2. The monoisotopic (exact) mass is 489 g/mol. The molecular weight excluding hydrogens is 474 g/mol. The molecular formula is C24H16ClN5O3S. The van der Waals surface area contributed by atoms with E-state index >= 15 is 0 Å². The molecule has 0 spiro atoms. The Hall–Kier alpha value is -4.08. The van der Waals surface area contributed by atoms with Gasteiger partial charge >= 0.3 is 0 Å². The number of halogens is 1. The lowest BCUT2D eigenvalue weighted by atomic mass is 10.1. The van der Waals surface area contributed by atoms with E-state index < -0.39 is 4.92 Å². The van der Waals surface area contributed by atoms with Gasteiger partial charge in [0.1, 0.15) is 29.3 Å². The fourth-order valence-electron chi connectivity index (χ4n) is 3.31. The number of pyridine rings is 1. The molecule has 10 heteroatoms. The molecule has 8 nitrogen and oxygen atoms in total. The topological polar surface area (TPSA) is 103 Å². The SMILES string of the molecule is O=[N+]([O-])c1ccc(-c2cc3c(Nc4ccc(OCc5ccccn5)c(Cl)c4)ncnc3s2)cc1. The molecule has 168 valence electrons. The van der Waals surface area contributed by atoms with Crippen LogP contribution in [0.2, 0.25) is 5.02 Å². The summed E-state index contributed by atoms with van der Waals surface area (Å²) in [6.07, 6.45) is 3.21. The quantitative estimate of drug-likeness (QED) is 0.202. The van der Waals surface area contributed by atoms with Crippen molar-refractivity contribution >= 4 is 50.3 Å². The Morgan fingerprint density at radius 2 is 1.88 bits per heavy atom. The van der Waals surface area contributed by atoms with Gasteiger partial charge < -0.3 is 10.1 Å². The summed E-state index contributed by atoms with van der Waals surface area (Å²) < 4.78 is 5.79. The predicted octanol–water partition coefficient (Wildman–Crippen LogP) is 6.64. The van der Waals surface area contributed by atoms with Crippen molar-refractivity contribution in [2.24, 2.45) is 0 Å². The van der Waals surface area contributed by atoms with Gasteiger partial charge in [0, 0.05) is 28.9 Å². The lowest BCUT2D eigenvalue weighted by Crippen LogP contribution is -1.99. The molecule has 0 aliphatic carbocycles. The fourth-order valence-corrected chi connectivity index (χ4v) is 4.55. The first-order valence-electron chi connectivity index (χ1n) is 10.2. The van der Waals surface area contributed by atoms with Gasteiger partial charge in [-0.3, -0.25) is 15.1 Å². The number of nitrogens with zero attached hydrogens (tertiary/aromatic N) is 4. The van der Waals surface area contributed by atoms with E-state index in [2.05, 4.69) is 20.3 Å². The first kappa shape index (κ1) is 21.7. The Balaban J connectivity index is 1.36. The van der Waals surface area contributed by atoms with Crippen LogP contribution in [0.3, 0.4) is 0 Å². The van der Waals surface area contributed by atoms with Gasteiger partial charge in [-0.15, -0.1) is 11.3 Å². The smallest absolute Gasteiger partial charge is 0.269 e. The van der Waals surface area contributed by atoms with Crippen LogP contribution in [-0.2, 0) is 6.61 Å². The minimum Gasteiger partial charge on any atom is -0.486 e. The zero-order chi connectivity index (χ0) is 23.5. The third-order valence-electron chi connectivity index (χ3n) is 4.99. The molecule has 0 amide bonds. The highest BCUT2D eigenvalue weighted by atomic mass is 35.5. The second-order valence-electron chi connectivity index (χ2n) is 7.24. The number of rotatable bonds is 7. The van der Waals surface area contributed by atoms with Crippen LogP contribution in [0.4, 0.5) is 17.2 Å². The Morgan fingerprint density at radius 3 is 2.62 bits per heavy atom. The molecule has 0 unspecified atom stereocenters. The molecule has 0 saturated carbocycles. The van der Waals surface area contributed by atoms with Crippen LogP contribution in [-0.4, -0.2) is 19.9 Å². The van der Waals surface area contributed by atoms with Gasteiger partial charge in [0.2, 0.25) is 0 Å². The number of nitro benzene ring substituents is 1. The fraction of sp³-hybridized carbons (Fsp3) is 0.0417. The number of aromatic nitrogens is 3. The summed E-state index contributed by atoms with van der Waals surface area (Å²) in [7, 11) is 0. The average Bonchev–Trinajstić information content (AvgIpc) is 3.30. The lowest BCUT2D eigenvalue weighted by molar-refractivity contribution is -0.384. The van der Waals surface area contributed by atoms with Crippen LogP contribution >= 0.6 is 22.9 Å². The molecule has 5 aromatic rings. The van der Waals surface area contributed by atoms with Gasteiger partial charge in [-0.25, -0.2) is 9.97 Å². The van der Waals surface area contributed by atoms with Gasteiger partial charge in [0.25, 0.3) is 5.69 Å². The van der Waals surface area contributed by atoms with E-state index in [0.717, 1.165) is 32.0 Å². The van der Waals surface area contributed by atoms with Crippen molar-refractivity contribution in [2.75, 3.05) is 5.32 Å². The lowest BCUT2D eigenvalue weighted by Gasteiger charge is -2.11. The predicted molar refractivity (Wildman–Crippen MR) is 133 cm³/mol. The Morgan fingerprint density at radius 1 is 1.03 bits per heavy atom. The number of nitrogens with one attached hydrogen (secondary N) is 1. The number of thiophene rings is 1. The first-order valence-corrected chi connectivity index (χ1v) is 11.3. The minimum absolute atomic E-state index is 0.0522. The zero-order valence-corrected chi connectivity index (χ0v) is 19.1. The molecule has 0 atom stereocenters. The number of hydrogen-bond donors (Lipinski definition) is 1. The number of anilines is 2. The third-order valence-corrected chi connectivity index (χ3v) is 6.38. The van der Waals surface area contributed by atoms with Crippen LogP contribution < -0.4 is 10.1 Å². The van der Waals surface area contributed by atoms with Gasteiger partial charge in [-0.05, 0) is 54.1 Å². The van der Waals surface area contributed by atoms with Crippen molar-refractivity contribution in [1.29, 1.82) is 0 Å². The van der Waals surface area contributed by atoms with E-state index in [0.29, 0.717) is 23.2 Å². The molecule has 0 aliphatic rings. The van der Waals surface area contributed by atoms with Crippen molar-refractivity contribution in [3.05, 3.63) is 100 Å². The second kappa shape index (κ2) is 9.42. The summed E-state index contributed by atoms with van der Waals surface area (Å²) in [5, 5.41) is 15.5. The molecule has 0 fully saturated rings. The highest BCUT2D eigenvalue weighted by molar-refractivity contribution is 7.21. The van der Waals surface area contributed by atoms with Crippen molar-refractivity contribution < 1.29 is 9.66 Å². The molecule has 0 aliphatic heterocycles. The third kappa shape index (κ3) is 4.66. The molecule has 0 bridgehead atoms. The Bertz CT molecular complexity index is 1480. The van der Waals surface area contributed by atoms with E-state index in [1.807, 2.05) is 30.3 Å². The van der Waals surface area contributed by atoms with Crippen LogP contribution in [0.15, 0.2) is 79.3 Å². The summed E-state index contributed by atoms with van der Waals surface area (Å²) in [5.74, 6) is 1.19. The first-order chi connectivity index (χ1) is 16.6.